The second kappa shape index (κ2) is 7.64. The zero-order valence-electron chi connectivity index (χ0n) is 14.1. The molecule has 0 aromatic rings. The van der Waals surface area contributed by atoms with Gasteiger partial charge in [-0.3, -0.25) is 4.90 Å². The summed E-state index contributed by atoms with van der Waals surface area (Å²) in [4.78, 5) is 2.74. The number of nitrogens with zero attached hydrogens (tertiary/aromatic N) is 1. The third-order valence-electron chi connectivity index (χ3n) is 4.52. The van der Waals surface area contributed by atoms with Crippen molar-refractivity contribution in [2.45, 2.75) is 66.8 Å². The molecule has 1 heterocycles. The molecular weight excluding hydrogens is 232 g/mol. The normalized spacial score (nSPS) is 23.2. The third-order valence-corrected chi connectivity index (χ3v) is 4.52. The summed E-state index contributed by atoms with van der Waals surface area (Å²) in [7, 11) is 0. The van der Waals surface area contributed by atoms with Crippen LogP contribution < -0.4 is 5.32 Å². The van der Waals surface area contributed by atoms with Gasteiger partial charge in [-0.2, -0.15) is 0 Å². The van der Waals surface area contributed by atoms with Crippen LogP contribution in [0.4, 0.5) is 0 Å². The van der Waals surface area contributed by atoms with Gasteiger partial charge in [-0.15, -0.1) is 0 Å². The van der Waals surface area contributed by atoms with Crippen LogP contribution in [0.3, 0.4) is 0 Å². The zero-order valence-corrected chi connectivity index (χ0v) is 14.1. The van der Waals surface area contributed by atoms with Gasteiger partial charge in [-0.25, -0.2) is 0 Å². The van der Waals surface area contributed by atoms with Crippen molar-refractivity contribution >= 4 is 0 Å². The molecule has 1 fully saturated rings. The molecule has 0 aliphatic carbocycles. The Bertz CT molecular complexity index is 242. The fraction of sp³-hybridized carbons (Fsp3) is 1.00. The summed E-state index contributed by atoms with van der Waals surface area (Å²) in [6.45, 7) is 19.0. The molecule has 0 saturated carbocycles. The van der Waals surface area contributed by atoms with Gasteiger partial charge >= 0.3 is 0 Å². The highest BCUT2D eigenvalue weighted by Gasteiger charge is 2.34. The van der Waals surface area contributed by atoms with Crippen LogP contribution in [-0.4, -0.2) is 37.1 Å². The van der Waals surface area contributed by atoms with Gasteiger partial charge in [0.15, 0.2) is 0 Å². The van der Waals surface area contributed by atoms with Crippen molar-refractivity contribution < 1.29 is 0 Å². The van der Waals surface area contributed by atoms with Gasteiger partial charge in [-0.05, 0) is 43.2 Å². The highest BCUT2D eigenvalue weighted by atomic mass is 15.2. The van der Waals surface area contributed by atoms with Gasteiger partial charge < -0.3 is 5.32 Å². The molecule has 2 unspecified atom stereocenters. The molecule has 114 valence electrons. The molecule has 1 N–H and O–H groups in total. The number of hydrogen-bond acceptors (Lipinski definition) is 2. The van der Waals surface area contributed by atoms with Gasteiger partial charge in [0.25, 0.3) is 0 Å². The highest BCUT2D eigenvalue weighted by molar-refractivity contribution is 4.87. The van der Waals surface area contributed by atoms with Crippen molar-refractivity contribution in [1.29, 1.82) is 0 Å². The van der Waals surface area contributed by atoms with Crippen molar-refractivity contribution in [3.05, 3.63) is 0 Å². The van der Waals surface area contributed by atoms with Gasteiger partial charge in [-0.1, -0.05) is 48.0 Å². The molecule has 19 heavy (non-hydrogen) atoms. The van der Waals surface area contributed by atoms with E-state index in [9.17, 15) is 0 Å². The molecular formula is C17H36N2. The number of likely N-dealkylation sites (tertiary alicyclic amines) is 1. The van der Waals surface area contributed by atoms with E-state index in [-0.39, 0.29) is 0 Å². The summed E-state index contributed by atoms with van der Waals surface area (Å²) < 4.78 is 0. The van der Waals surface area contributed by atoms with Gasteiger partial charge in [0, 0.05) is 19.1 Å². The molecule has 1 rings (SSSR count). The summed E-state index contributed by atoms with van der Waals surface area (Å²) in [5.74, 6) is 1.63. The average Bonchev–Trinajstić information content (AvgIpc) is 2.76. The third kappa shape index (κ3) is 5.83. The average molecular weight is 268 g/mol. The molecule has 1 aliphatic rings. The van der Waals surface area contributed by atoms with Crippen LogP contribution in [0.25, 0.3) is 0 Å². The monoisotopic (exact) mass is 268 g/mol. The molecule has 1 aliphatic heterocycles. The number of hydrogen-bond donors (Lipinski definition) is 1. The van der Waals surface area contributed by atoms with Crippen LogP contribution in [0.1, 0.15) is 60.8 Å². The van der Waals surface area contributed by atoms with Crippen molar-refractivity contribution in [2.24, 2.45) is 17.3 Å². The molecule has 0 aromatic carbocycles. The predicted octanol–water partition coefficient (Wildman–Crippen LogP) is 3.77. The van der Waals surface area contributed by atoms with Crippen LogP contribution >= 0.6 is 0 Å². The van der Waals surface area contributed by atoms with Gasteiger partial charge in [0.1, 0.15) is 0 Å². The van der Waals surface area contributed by atoms with Crippen molar-refractivity contribution in [3.63, 3.8) is 0 Å². The van der Waals surface area contributed by atoms with Crippen LogP contribution in [0, 0.1) is 17.3 Å². The predicted molar refractivity (Wildman–Crippen MR) is 85.5 cm³/mol. The molecule has 2 nitrogen and oxygen atoms in total. The molecule has 2 heteroatoms. The topological polar surface area (TPSA) is 15.3 Å². The first kappa shape index (κ1) is 17.0. The van der Waals surface area contributed by atoms with E-state index < -0.39 is 0 Å². The summed E-state index contributed by atoms with van der Waals surface area (Å²) in [5, 5.41) is 3.66. The minimum atomic E-state index is 0.469. The Hall–Kier alpha value is -0.0800. The van der Waals surface area contributed by atoms with Crippen LogP contribution in [0.5, 0.6) is 0 Å². The Morgan fingerprint density at radius 1 is 1.21 bits per heavy atom. The van der Waals surface area contributed by atoms with E-state index in [1.54, 1.807) is 0 Å². The maximum absolute atomic E-state index is 3.66. The van der Waals surface area contributed by atoms with Crippen molar-refractivity contribution in [1.82, 2.24) is 10.2 Å². The first-order chi connectivity index (χ1) is 8.84. The Morgan fingerprint density at radius 3 is 2.37 bits per heavy atom. The minimum absolute atomic E-state index is 0.469. The Balaban J connectivity index is 2.44. The standard InChI is InChI=1S/C17H36N2/c1-7-8-16(12-18-11-14(2)3)19-10-9-15(13-19)17(4,5)6/h14-16,18H,7-13H2,1-6H3. The highest BCUT2D eigenvalue weighted by Crippen LogP contribution is 2.34. The lowest BCUT2D eigenvalue weighted by molar-refractivity contribution is 0.183. The molecule has 0 bridgehead atoms. The number of nitrogens with one attached hydrogen (secondary N) is 1. The summed E-state index contributed by atoms with van der Waals surface area (Å²) in [6.07, 6.45) is 4.01. The van der Waals surface area contributed by atoms with E-state index in [1.165, 1.54) is 38.9 Å². The van der Waals surface area contributed by atoms with Gasteiger partial charge in [0.05, 0.1) is 0 Å². The second-order valence-electron chi connectivity index (χ2n) is 7.84. The molecule has 0 spiro atoms. The van der Waals surface area contributed by atoms with Crippen LogP contribution in [-0.2, 0) is 0 Å². The fourth-order valence-corrected chi connectivity index (χ4v) is 3.11. The molecule has 0 radical (unpaired) electrons. The largest absolute Gasteiger partial charge is 0.315 e. The SMILES string of the molecule is CCCC(CNCC(C)C)N1CCC(C(C)(C)C)C1. The lowest BCUT2D eigenvalue weighted by atomic mass is 9.80. The minimum Gasteiger partial charge on any atom is -0.315 e. The maximum atomic E-state index is 3.66. The molecule has 0 amide bonds. The van der Waals surface area contributed by atoms with E-state index in [1.807, 2.05) is 0 Å². The maximum Gasteiger partial charge on any atom is 0.0220 e. The fourth-order valence-electron chi connectivity index (χ4n) is 3.11. The summed E-state index contributed by atoms with van der Waals surface area (Å²) >= 11 is 0. The molecule has 0 aromatic heterocycles. The quantitative estimate of drug-likeness (QED) is 0.756. The second-order valence-corrected chi connectivity index (χ2v) is 7.84. The molecule has 2 atom stereocenters. The Kier molecular flexibility index (Phi) is 6.82. The van der Waals surface area contributed by atoms with Crippen molar-refractivity contribution in [3.8, 4) is 0 Å². The van der Waals surface area contributed by atoms with Crippen LogP contribution in [0.2, 0.25) is 0 Å². The van der Waals surface area contributed by atoms with Crippen molar-refractivity contribution in [2.75, 3.05) is 26.2 Å². The first-order valence-electron chi connectivity index (χ1n) is 8.29. The first-order valence-corrected chi connectivity index (χ1v) is 8.29. The Morgan fingerprint density at radius 2 is 1.89 bits per heavy atom. The lowest BCUT2D eigenvalue weighted by Gasteiger charge is -2.31. The van der Waals surface area contributed by atoms with E-state index in [0.717, 1.165) is 24.4 Å². The smallest absolute Gasteiger partial charge is 0.0220 e. The van der Waals surface area contributed by atoms with Gasteiger partial charge in [0.2, 0.25) is 0 Å². The van der Waals surface area contributed by atoms with E-state index >= 15 is 0 Å². The van der Waals surface area contributed by atoms with E-state index in [0.29, 0.717) is 5.41 Å². The summed E-state index contributed by atoms with van der Waals surface area (Å²) in [5.41, 5.74) is 0.469. The zero-order chi connectivity index (χ0) is 14.5. The lowest BCUT2D eigenvalue weighted by Crippen LogP contribution is -2.42. The Labute approximate surface area is 121 Å². The summed E-state index contributed by atoms with van der Waals surface area (Å²) in [6, 6.07) is 0.746. The van der Waals surface area contributed by atoms with E-state index in [4.69, 9.17) is 0 Å². The van der Waals surface area contributed by atoms with Crippen LogP contribution in [0.15, 0.2) is 0 Å². The van der Waals surface area contributed by atoms with E-state index in [2.05, 4.69) is 51.8 Å². The number of rotatable bonds is 7. The molecule has 1 saturated heterocycles.